The molecule has 2 aromatic rings. The van der Waals surface area contributed by atoms with Crippen molar-refractivity contribution in [1.29, 1.82) is 0 Å². The molecule has 0 saturated heterocycles. The number of nitrogens with one attached hydrogen (secondary N) is 1. The third-order valence-corrected chi connectivity index (χ3v) is 2.56. The maximum absolute atomic E-state index is 4.21. The zero-order valence-corrected chi connectivity index (χ0v) is 8.35. The Balaban J connectivity index is 2.26. The highest BCUT2D eigenvalue weighted by Gasteiger charge is 1.96. The monoisotopic (exact) mass is 191 g/mol. The van der Waals surface area contributed by atoms with E-state index in [1.165, 1.54) is 16.5 Å². The minimum absolute atomic E-state index is 0.963. The van der Waals surface area contributed by atoms with E-state index in [-0.39, 0.29) is 0 Å². The molecule has 1 aromatic heterocycles. The van der Waals surface area contributed by atoms with Crippen LogP contribution in [-0.2, 0) is 6.42 Å². The van der Waals surface area contributed by atoms with Crippen LogP contribution in [-0.4, -0.2) is 10.7 Å². The minimum atomic E-state index is 0.963. The smallest absolute Gasteiger partial charge is 0.0454 e. The summed E-state index contributed by atoms with van der Waals surface area (Å²) in [4.78, 5) is 3.19. The van der Waals surface area contributed by atoms with Crippen LogP contribution in [0.3, 0.4) is 0 Å². The molecule has 0 saturated carbocycles. The molecule has 1 heterocycles. The molecule has 0 aliphatic rings. The Morgan fingerprint density at radius 2 is 2.15 bits per heavy atom. The highest BCUT2D eigenvalue weighted by atomic mass is 32.1. The molecule has 2 rings (SSSR count). The van der Waals surface area contributed by atoms with Crippen LogP contribution in [0.2, 0.25) is 0 Å². The maximum Gasteiger partial charge on any atom is 0.0454 e. The van der Waals surface area contributed by atoms with Crippen LogP contribution < -0.4 is 0 Å². The van der Waals surface area contributed by atoms with Gasteiger partial charge in [-0.3, -0.25) is 0 Å². The number of aromatic nitrogens is 1. The van der Waals surface area contributed by atoms with Crippen molar-refractivity contribution in [2.45, 2.75) is 12.8 Å². The Morgan fingerprint density at radius 1 is 1.23 bits per heavy atom. The third kappa shape index (κ3) is 1.89. The first-order valence-corrected chi connectivity index (χ1v) is 5.20. The summed E-state index contributed by atoms with van der Waals surface area (Å²) >= 11 is 4.21. The van der Waals surface area contributed by atoms with Crippen LogP contribution in [0.25, 0.3) is 10.9 Å². The van der Waals surface area contributed by atoms with Gasteiger partial charge in [-0.2, -0.15) is 12.6 Å². The second kappa shape index (κ2) is 3.88. The Hall–Kier alpha value is -0.890. The van der Waals surface area contributed by atoms with Gasteiger partial charge in [-0.25, -0.2) is 0 Å². The van der Waals surface area contributed by atoms with E-state index in [2.05, 4.69) is 41.9 Å². The molecule has 1 nitrogen and oxygen atoms in total. The summed E-state index contributed by atoms with van der Waals surface area (Å²) in [5, 5.41) is 1.30. The first-order chi connectivity index (χ1) is 6.40. The maximum atomic E-state index is 4.21. The molecule has 0 radical (unpaired) electrons. The first kappa shape index (κ1) is 8.70. The fraction of sp³-hybridized carbons (Fsp3) is 0.273. The molecule has 0 spiro atoms. The summed E-state index contributed by atoms with van der Waals surface area (Å²) in [6.07, 6.45) is 4.26. The largest absolute Gasteiger partial charge is 0.361 e. The number of benzene rings is 1. The van der Waals surface area contributed by atoms with Crippen LogP contribution in [0.15, 0.2) is 30.5 Å². The quantitative estimate of drug-likeness (QED) is 0.694. The fourth-order valence-corrected chi connectivity index (χ4v) is 1.70. The second-order valence-corrected chi connectivity index (χ2v) is 3.67. The molecular weight excluding hydrogens is 178 g/mol. The molecule has 68 valence electrons. The fourth-order valence-electron chi connectivity index (χ4n) is 1.54. The summed E-state index contributed by atoms with van der Waals surface area (Å²) in [5.41, 5.74) is 2.62. The zero-order chi connectivity index (χ0) is 9.10. The average molecular weight is 191 g/mol. The van der Waals surface area contributed by atoms with E-state index in [1.807, 2.05) is 6.20 Å². The van der Waals surface area contributed by atoms with Gasteiger partial charge < -0.3 is 4.98 Å². The predicted molar refractivity (Wildman–Crippen MR) is 60.5 cm³/mol. The van der Waals surface area contributed by atoms with Gasteiger partial charge in [0.2, 0.25) is 0 Å². The molecule has 2 heteroatoms. The van der Waals surface area contributed by atoms with E-state index in [4.69, 9.17) is 0 Å². The summed E-state index contributed by atoms with van der Waals surface area (Å²) in [6, 6.07) is 8.68. The number of hydrogen-bond acceptors (Lipinski definition) is 1. The lowest BCUT2D eigenvalue weighted by Crippen LogP contribution is -1.85. The number of H-pyrrole nitrogens is 1. The summed E-state index contributed by atoms with van der Waals surface area (Å²) < 4.78 is 0. The molecule has 1 N–H and O–H groups in total. The van der Waals surface area contributed by atoms with Gasteiger partial charge >= 0.3 is 0 Å². The highest BCUT2D eigenvalue weighted by molar-refractivity contribution is 7.80. The molecule has 1 aromatic carbocycles. The summed E-state index contributed by atoms with van der Waals surface area (Å²) in [6.45, 7) is 0. The zero-order valence-electron chi connectivity index (χ0n) is 7.46. The normalized spacial score (nSPS) is 10.8. The van der Waals surface area contributed by atoms with E-state index in [9.17, 15) is 0 Å². The van der Waals surface area contributed by atoms with Gasteiger partial charge in [-0.1, -0.05) is 6.07 Å². The van der Waals surface area contributed by atoms with E-state index >= 15 is 0 Å². The van der Waals surface area contributed by atoms with E-state index in [0.717, 1.165) is 18.6 Å². The Morgan fingerprint density at radius 3 is 3.00 bits per heavy atom. The number of hydrogen-bond donors (Lipinski definition) is 2. The Labute approximate surface area is 83.6 Å². The SMILES string of the molecule is SCCCc1ccc2[nH]ccc2c1. The van der Waals surface area contributed by atoms with Crippen molar-refractivity contribution < 1.29 is 0 Å². The lowest BCUT2D eigenvalue weighted by atomic mass is 10.1. The number of fused-ring (bicyclic) bond motifs is 1. The lowest BCUT2D eigenvalue weighted by molar-refractivity contribution is 0.938. The van der Waals surface area contributed by atoms with Crippen molar-refractivity contribution in [3.05, 3.63) is 36.0 Å². The average Bonchev–Trinajstić information content (AvgIpc) is 2.61. The molecule has 0 unspecified atom stereocenters. The topological polar surface area (TPSA) is 15.8 Å². The predicted octanol–water partition coefficient (Wildman–Crippen LogP) is 3.03. The number of thiol groups is 1. The van der Waals surface area contributed by atoms with Crippen molar-refractivity contribution in [3.8, 4) is 0 Å². The van der Waals surface area contributed by atoms with E-state index < -0.39 is 0 Å². The molecular formula is C11H13NS. The summed E-state index contributed by atoms with van der Waals surface area (Å²) in [7, 11) is 0. The van der Waals surface area contributed by atoms with Gasteiger partial charge in [0, 0.05) is 11.7 Å². The first-order valence-electron chi connectivity index (χ1n) is 4.57. The van der Waals surface area contributed by atoms with Crippen molar-refractivity contribution >= 4 is 23.5 Å². The number of rotatable bonds is 3. The highest BCUT2D eigenvalue weighted by Crippen LogP contribution is 2.15. The summed E-state index contributed by atoms with van der Waals surface area (Å²) in [5.74, 6) is 0.963. The van der Waals surface area contributed by atoms with Crippen LogP contribution >= 0.6 is 12.6 Å². The van der Waals surface area contributed by atoms with Gasteiger partial charge in [0.25, 0.3) is 0 Å². The molecule has 0 fully saturated rings. The molecule has 0 amide bonds. The third-order valence-electron chi connectivity index (χ3n) is 2.24. The number of aryl methyl sites for hydroxylation is 1. The molecule has 0 bridgehead atoms. The Kier molecular flexibility index (Phi) is 2.60. The number of aromatic amines is 1. The van der Waals surface area contributed by atoms with Gasteiger partial charge in [-0.05, 0) is 47.7 Å². The standard InChI is InChI=1S/C11H13NS/c13-7-1-2-9-3-4-11-10(8-9)5-6-12-11/h3-6,8,12-13H,1-2,7H2. The van der Waals surface area contributed by atoms with Crippen LogP contribution in [0.5, 0.6) is 0 Å². The van der Waals surface area contributed by atoms with Crippen LogP contribution in [0.1, 0.15) is 12.0 Å². The van der Waals surface area contributed by atoms with Crippen molar-refractivity contribution in [3.63, 3.8) is 0 Å². The minimum Gasteiger partial charge on any atom is -0.361 e. The second-order valence-electron chi connectivity index (χ2n) is 3.23. The van der Waals surface area contributed by atoms with Gasteiger partial charge in [-0.15, -0.1) is 0 Å². The van der Waals surface area contributed by atoms with Crippen molar-refractivity contribution in [1.82, 2.24) is 4.98 Å². The van der Waals surface area contributed by atoms with E-state index in [0.29, 0.717) is 0 Å². The lowest BCUT2D eigenvalue weighted by Gasteiger charge is -1.99. The van der Waals surface area contributed by atoms with Crippen LogP contribution in [0.4, 0.5) is 0 Å². The van der Waals surface area contributed by atoms with Crippen molar-refractivity contribution in [2.75, 3.05) is 5.75 Å². The van der Waals surface area contributed by atoms with Crippen molar-refractivity contribution in [2.24, 2.45) is 0 Å². The van der Waals surface area contributed by atoms with Gasteiger partial charge in [0.15, 0.2) is 0 Å². The van der Waals surface area contributed by atoms with Gasteiger partial charge in [0.1, 0.15) is 0 Å². The van der Waals surface area contributed by atoms with Gasteiger partial charge in [0.05, 0.1) is 0 Å². The molecule has 0 aliphatic carbocycles. The molecule has 13 heavy (non-hydrogen) atoms. The Bertz CT molecular complexity index is 392. The molecule has 0 atom stereocenters. The van der Waals surface area contributed by atoms with E-state index in [1.54, 1.807) is 0 Å². The molecule has 0 aliphatic heterocycles. The van der Waals surface area contributed by atoms with Crippen LogP contribution in [0, 0.1) is 0 Å².